The first-order valence-electron chi connectivity index (χ1n) is 8.92. The van der Waals surface area contributed by atoms with Crippen LogP contribution in [0.1, 0.15) is 0 Å². The van der Waals surface area contributed by atoms with Crippen LogP contribution in [0, 0.1) is 0 Å². The molecule has 28 heavy (non-hydrogen) atoms. The number of nitrogens with zero attached hydrogens (tertiary/aromatic N) is 1. The van der Waals surface area contributed by atoms with Crippen molar-refractivity contribution in [1.29, 1.82) is 0 Å². The Hall–Kier alpha value is -2.14. The van der Waals surface area contributed by atoms with Crippen LogP contribution in [0.4, 0.5) is 17.1 Å². The van der Waals surface area contributed by atoms with E-state index in [-0.39, 0.29) is 0 Å². The van der Waals surface area contributed by atoms with Gasteiger partial charge in [-0.05, 0) is 54.6 Å². The molecule has 1 nitrogen and oxygen atoms in total. The smallest absolute Gasteiger partial charge is 0.0484 e. The molecule has 0 aliphatic heterocycles. The minimum Gasteiger partial charge on any atom is -0.310 e. The average Bonchev–Trinajstić information content (AvgIpc) is 3.06. The largest absolute Gasteiger partial charge is 0.310 e. The van der Waals surface area contributed by atoms with Crippen molar-refractivity contribution in [2.24, 2.45) is 0 Å². The first kappa shape index (κ1) is 17.9. The summed E-state index contributed by atoms with van der Waals surface area (Å²) in [5.74, 6) is 0. The summed E-state index contributed by atoms with van der Waals surface area (Å²) < 4.78 is 4.72. The van der Waals surface area contributed by atoms with Crippen molar-refractivity contribution >= 4 is 80.4 Å². The molecule has 0 aliphatic rings. The molecular weight excluding hydrogens is 494 g/mol. The molecule has 4 heteroatoms. The zero-order valence-corrected chi connectivity index (χ0v) is 18.8. The van der Waals surface area contributed by atoms with E-state index in [1.807, 2.05) is 17.4 Å². The molecule has 0 saturated carbocycles. The van der Waals surface area contributed by atoms with E-state index in [0.29, 0.717) is 0 Å². The highest BCUT2D eigenvalue weighted by atomic mass is 79.9. The second-order valence-corrected chi connectivity index (χ2v) is 9.49. The Kier molecular flexibility index (Phi) is 4.71. The van der Waals surface area contributed by atoms with Crippen molar-refractivity contribution in [2.75, 3.05) is 4.90 Å². The van der Waals surface area contributed by atoms with E-state index in [9.17, 15) is 0 Å². The fourth-order valence-corrected chi connectivity index (χ4v) is 5.90. The Morgan fingerprint density at radius 1 is 0.536 bits per heavy atom. The number of halogens is 2. The maximum atomic E-state index is 3.64. The molecule has 0 fully saturated rings. The number of hydrogen-bond donors (Lipinski definition) is 0. The van der Waals surface area contributed by atoms with Crippen molar-refractivity contribution in [3.05, 3.63) is 99.9 Å². The second kappa shape index (κ2) is 7.36. The highest BCUT2D eigenvalue weighted by molar-refractivity contribution is 9.11. The normalized spacial score (nSPS) is 11.2. The zero-order chi connectivity index (χ0) is 19.1. The van der Waals surface area contributed by atoms with Crippen LogP contribution in [0.15, 0.2) is 99.9 Å². The van der Waals surface area contributed by atoms with Crippen LogP contribution < -0.4 is 4.90 Å². The lowest BCUT2D eigenvalue weighted by atomic mass is 10.1. The summed E-state index contributed by atoms with van der Waals surface area (Å²) >= 11 is 9.12. The molecule has 0 amide bonds. The zero-order valence-electron chi connectivity index (χ0n) is 14.8. The van der Waals surface area contributed by atoms with Gasteiger partial charge in [-0.2, -0.15) is 0 Å². The fourth-order valence-electron chi connectivity index (χ4n) is 3.55. The minimum absolute atomic E-state index is 1.04. The second-order valence-electron chi connectivity index (χ2n) is 6.58. The average molecular weight is 509 g/mol. The Morgan fingerprint density at radius 2 is 1.21 bits per heavy atom. The van der Waals surface area contributed by atoms with Gasteiger partial charge in [0.1, 0.15) is 0 Å². The third kappa shape index (κ3) is 3.26. The number of anilines is 3. The molecular formula is C24H15Br2NS. The fraction of sp³-hybridized carbons (Fsp3) is 0. The molecule has 0 bridgehead atoms. The minimum atomic E-state index is 1.04. The van der Waals surface area contributed by atoms with Crippen LogP contribution in [-0.4, -0.2) is 0 Å². The summed E-state index contributed by atoms with van der Waals surface area (Å²) in [7, 11) is 0. The summed E-state index contributed by atoms with van der Waals surface area (Å²) in [6, 6.07) is 32.2. The van der Waals surface area contributed by atoms with Gasteiger partial charge in [-0.3, -0.25) is 0 Å². The summed E-state index contributed by atoms with van der Waals surface area (Å²) in [5, 5.41) is 2.61. The predicted molar refractivity (Wildman–Crippen MR) is 129 cm³/mol. The number of rotatable bonds is 3. The highest BCUT2D eigenvalue weighted by Crippen LogP contribution is 2.41. The molecule has 5 rings (SSSR count). The van der Waals surface area contributed by atoms with Gasteiger partial charge in [0.05, 0.1) is 0 Å². The van der Waals surface area contributed by atoms with Gasteiger partial charge in [-0.25, -0.2) is 0 Å². The van der Waals surface area contributed by atoms with Crippen LogP contribution in [-0.2, 0) is 0 Å². The van der Waals surface area contributed by atoms with Crippen LogP contribution in [0.2, 0.25) is 0 Å². The maximum Gasteiger partial charge on any atom is 0.0484 e. The molecule has 5 aromatic rings. The van der Waals surface area contributed by atoms with E-state index >= 15 is 0 Å². The first-order chi connectivity index (χ1) is 13.7. The standard InChI is InChI=1S/C24H15Br2NS/c25-16-12-17(26)14-20(13-16)27(18-6-2-1-3-7-18)19-10-11-24-22(15-19)21-8-4-5-9-23(21)28-24/h1-15H. The molecule has 1 heterocycles. The van der Waals surface area contributed by atoms with E-state index in [2.05, 4.69) is 122 Å². The first-order valence-corrected chi connectivity index (χ1v) is 11.3. The number of para-hydroxylation sites is 1. The molecule has 0 radical (unpaired) electrons. The van der Waals surface area contributed by atoms with Crippen LogP contribution in [0.5, 0.6) is 0 Å². The molecule has 4 aromatic carbocycles. The lowest BCUT2D eigenvalue weighted by molar-refractivity contribution is 1.28. The molecule has 0 atom stereocenters. The van der Waals surface area contributed by atoms with Crippen molar-refractivity contribution in [3.8, 4) is 0 Å². The van der Waals surface area contributed by atoms with E-state index in [1.54, 1.807) is 0 Å². The number of fused-ring (bicyclic) bond motifs is 3. The molecule has 136 valence electrons. The Morgan fingerprint density at radius 3 is 2.00 bits per heavy atom. The molecule has 0 spiro atoms. The summed E-state index contributed by atoms with van der Waals surface area (Å²) in [6.07, 6.45) is 0. The van der Waals surface area contributed by atoms with Crippen LogP contribution in [0.25, 0.3) is 20.2 Å². The van der Waals surface area contributed by atoms with Crippen molar-refractivity contribution in [3.63, 3.8) is 0 Å². The number of benzene rings is 4. The predicted octanol–water partition coefficient (Wildman–Crippen LogP) is 9.05. The molecule has 0 unspecified atom stereocenters. The third-order valence-corrected chi connectivity index (χ3v) is 6.81. The molecule has 0 saturated heterocycles. The van der Waals surface area contributed by atoms with Gasteiger partial charge in [0.15, 0.2) is 0 Å². The topological polar surface area (TPSA) is 3.24 Å². The Bertz CT molecular complexity index is 1270. The van der Waals surface area contributed by atoms with Gasteiger partial charge < -0.3 is 4.90 Å². The van der Waals surface area contributed by atoms with Gasteiger partial charge >= 0.3 is 0 Å². The van der Waals surface area contributed by atoms with E-state index < -0.39 is 0 Å². The van der Waals surface area contributed by atoms with Gasteiger partial charge in [-0.15, -0.1) is 11.3 Å². The van der Waals surface area contributed by atoms with Crippen molar-refractivity contribution in [1.82, 2.24) is 0 Å². The Labute approximate surface area is 184 Å². The highest BCUT2D eigenvalue weighted by Gasteiger charge is 2.15. The maximum absolute atomic E-state index is 3.64. The monoisotopic (exact) mass is 507 g/mol. The van der Waals surface area contributed by atoms with Gasteiger partial charge in [0.25, 0.3) is 0 Å². The quantitative estimate of drug-likeness (QED) is 0.235. The number of thiophene rings is 1. The lowest BCUT2D eigenvalue weighted by Gasteiger charge is -2.26. The van der Waals surface area contributed by atoms with Crippen LogP contribution >= 0.6 is 43.2 Å². The molecule has 0 N–H and O–H groups in total. The third-order valence-electron chi connectivity index (χ3n) is 4.74. The number of hydrogen-bond acceptors (Lipinski definition) is 2. The Balaban J connectivity index is 1.76. The summed E-state index contributed by atoms with van der Waals surface area (Å²) in [6.45, 7) is 0. The molecule has 1 aromatic heterocycles. The SMILES string of the molecule is Brc1cc(Br)cc(N(c2ccccc2)c2ccc3sc4ccccc4c3c2)c1. The van der Waals surface area contributed by atoms with Crippen molar-refractivity contribution < 1.29 is 0 Å². The van der Waals surface area contributed by atoms with Gasteiger partial charge in [0, 0.05) is 46.2 Å². The summed E-state index contributed by atoms with van der Waals surface area (Å²) in [4.78, 5) is 2.29. The summed E-state index contributed by atoms with van der Waals surface area (Å²) in [5.41, 5.74) is 3.38. The van der Waals surface area contributed by atoms with Crippen molar-refractivity contribution in [2.45, 2.75) is 0 Å². The van der Waals surface area contributed by atoms with E-state index in [1.165, 1.54) is 20.2 Å². The lowest BCUT2D eigenvalue weighted by Crippen LogP contribution is -2.09. The van der Waals surface area contributed by atoms with Gasteiger partial charge in [-0.1, -0.05) is 68.3 Å². The van der Waals surface area contributed by atoms with E-state index in [4.69, 9.17) is 0 Å². The van der Waals surface area contributed by atoms with Crippen LogP contribution in [0.3, 0.4) is 0 Å². The van der Waals surface area contributed by atoms with Gasteiger partial charge in [0.2, 0.25) is 0 Å². The van der Waals surface area contributed by atoms with E-state index in [0.717, 1.165) is 26.0 Å². The molecule has 0 aliphatic carbocycles.